The van der Waals surface area contributed by atoms with Crippen LogP contribution in [0, 0.1) is 0 Å². The van der Waals surface area contributed by atoms with E-state index in [1.165, 1.54) is 0 Å². The SMILES string of the molecule is NCC[C@H](O)C(=O)N[C@@H]1C[C@H](N)[C@@H](O[C@H]2O[C@H](CN)[C@H]3OCO[C@@H]3[C@H]2N)[C@H](O[C@@H]2O[C@H](CO)[C@@H](O)[C@H]2O)[C@H]1O. The minimum absolute atomic E-state index is 0.00206. The van der Waals surface area contributed by atoms with E-state index < -0.39 is 104 Å². The fourth-order valence-electron chi connectivity index (χ4n) is 5.41. The lowest BCUT2D eigenvalue weighted by Crippen LogP contribution is -2.68. The Kier molecular flexibility index (Phi) is 10.5. The molecule has 0 aromatic rings. The average molecular weight is 568 g/mol. The van der Waals surface area contributed by atoms with Gasteiger partial charge in [0.2, 0.25) is 5.91 Å². The lowest BCUT2D eigenvalue weighted by atomic mass is 9.83. The lowest BCUT2D eigenvalue weighted by molar-refractivity contribution is -0.299. The van der Waals surface area contributed by atoms with E-state index in [-0.39, 0.29) is 32.7 Å². The number of fused-ring (bicyclic) bond motifs is 1. The second-order valence-corrected chi connectivity index (χ2v) is 10.2. The molecule has 4 aliphatic rings. The third-order valence-electron chi connectivity index (χ3n) is 7.62. The molecule has 0 bridgehead atoms. The monoisotopic (exact) mass is 567 g/mol. The molecule has 17 nitrogen and oxygen atoms in total. The second-order valence-electron chi connectivity index (χ2n) is 10.2. The molecule has 3 saturated heterocycles. The highest BCUT2D eigenvalue weighted by Crippen LogP contribution is 2.34. The largest absolute Gasteiger partial charge is 0.394 e. The Labute approximate surface area is 224 Å². The van der Waals surface area contributed by atoms with E-state index in [0.29, 0.717) is 0 Å². The minimum Gasteiger partial charge on any atom is -0.394 e. The zero-order valence-electron chi connectivity index (χ0n) is 21.3. The molecule has 0 radical (unpaired) electrons. The van der Waals surface area contributed by atoms with E-state index in [4.69, 9.17) is 51.4 Å². The molecule has 0 aromatic carbocycles. The first-order valence-corrected chi connectivity index (χ1v) is 13.0. The second kappa shape index (κ2) is 13.2. The Morgan fingerprint density at radius 2 is 1.62 bits per heavy atom. The van der Waals surface area contributed by atoms with E-state index >= 15 is 0 Å². The van der Waals surface area contributed by atoms with Crippen LogP contribution in [0.2, 0.25) is 0 Å². The van der Waals surface area contributed by atoms with Crippen molar-refractivity contribution in [1.82, 2.24) is 5.32 Å². The van der Waals surface area contributed by atoms with Gasteiger partial charge in [0.1, 0.15) is 67.8 Å². The van der Waals surface area contributed by atoms with Crippen LogP contribution in [0.15, 0.2) is 0 Å². The molecule has 0 unspecified atom stereocenters. The summed E-state index contributed by atoms with van der Waals surface area (Å²) in [7, 11) is 0. The van der Waals surface area contributed by atoms with Gasteiger partial charge < -0.3 is 82.2 Å². The molecular weight excluding hydrogens is 526 g/mol. The van der Waals surface area contributed by atoms with Gasteiger partial charge >= 0.3 is 0 Å². The summed E-state index contributed by atoms with van der Waals surface area (Å²) in [5, 5.41) is 53.9. The van der Waals surface area contributed by atoms with Crippen molar-refractivity contribution in [2.24, 2.45) is 22.9 Å². The number of amides is 1. The van der Waals surface area contributed by atoms with Crippen LogP contribution < -0.4 is 28.3 Å². The molecule has 1 amide bonds. The number of ether oxygens (including phenoxy) is 6. The summed E-state index contributed by atoms with van der Waals surface area (Å²) >= 11 is 0. The molecular formula is C22H41N5O12. The van der Waals surface area contributed by atoms with Crippen molar-refractivity contribution < 1.29 is 58.7 Å². The summed E-state index contributed by atoms with van der Waals surface area (Å²) in [4.78, 5) is 12.5. The summed E-state index contributed by atoms with van der Waals surface area (Å²) in [6.45, 7) is -0.446. The third kappa shape index (κ3) is 6.37. The van der Waals surface area contributed by atoms with Gasteiger partial charge in [-0.1, -0.05) is 0 Å². The molecule has 226 valence electrons. The molecule has 4 fully saturated rings. The first-order valence-electron chi connectivity index (χ1n) is 13.0. The van der Waals surface area contributed by atoms with Crippen LogP contribution in [0.25, 0.3) is 0 Å². The van der Waals surface area contributed by atoms with Crippen LogP contribution in [-0.4, -0.2) is 150 Å². The topological polar surface area (TPSA) is 290 Å². The van der Waals surface area contributed by atoms with Crippen molar-refractivity contribution in [3.05, 3.63) is 0 Å². The Morgan fingerprint density at radius 3 is 2.26 bits per heavy atom. The molecule has 1 saturated carbocycles. The molecule has 3 aliphatic heterocycles. The maximum Gasteiger partial charge on any atom is 0.249 e. The van der Waals surface area contributed by atoms with Crippen LogP contribution >= 0.6 is 0 Å². The van der Waals surface area contributed by atoms with Gasteiger partial charge in [0.25, 0.3) is 0 Å². The number of carbonyl (C=O) groups is 1. The van der Waals surface area contributed by atoms with Crippen molar-refractivity contribution in [2.45, 2.75) is 105 Å². The van der Waals surface area contributed by atoms with E-state index in [2.05, 4.69) is 5.32 Å². The molecule has 17 heteroatoms. The quantitative estimate of drug-likeness (QED) is 0.117. The zero-order valence-corrected chi connectivity index (χ0v) is 21.3. The Hall–Kier alpha value is -1.13. The van der Waals surface area contributed by atoms with Crippen molar-refractivity contribution in [2.75, 3.05) is 26.5 Å². The van der Waals surface area contributed by atoms with Gasteiger partial charge in [0.05, 0.1) is 18.7 Å². The first kappa shape index (κ1) is 30.8. The summed E-state index contributed by atoms with van der Waals surface area (Å²) in [6, 6.07) is -2.73. The lowest BCUT2D eigenvalue weighted by Gasteiger charge is -2.47. The molecule has 39 heavy (non-hydrogen) atoms. The fourth-order valence-corrected chi connectivity index (χ4v) is 5.41. The van der Waals surface area contributed by atoms with Crippen molar-refractivity contribution >= 4 is 5.91 Å². The van der Waals surface area contributed by atoms with Crippen LogP contribution in [0.1, 0.15) is 12.8 Å². The molecule has 1 aliphatic carbocycles. The fraction of sp³-hybridized carbons (Fsp3) is 0.955. The highest BCUT2D eigenvalue weighted by atomic mass is 16.8. The maximum atomic E-state index is 12.5. The van der Waals surface area contributed by atoms with Crippen molar-refractivity contribution in [1.29, 1.82) is 0 Å². The van der Waals surface area contributed by atoms with Crippen molar-refractivity contribution in [3.8, 4) is 0 Å². The van der Waals surface area contributed by atoms with E-state index in [9.17, 15) is 30.3 Å². The average Bonchev–Trinajstić information content (AvgIpc) is 3.51. The smallest absolute Gasteiger partial charge is 0.249 e. The number of nitrogens with two attached hydrogens (primary N) is 4. The number of nitrogens with one attached hydrogen (secondary N) is 1. The zero-order chi connectivity index (χ0) is 28.4. The predicted octanol–water partition coefficient (Wildman–Crippen LogP) is -6.77. The maximum absolute atomic E-state index is 12.5. The molecule has 3 heterocycles. The number of aliphatic hydroxyl groups excluding tert-OH is 5. The van der Waals surface area contributed by atoms with Crippen LogP contribution in [0.3, 0.4) is 0 Å². The summed E-state index contributed by atoms with van der Waals surface area (Å²) in [6.07, 6.45) is -13.9. The number of hydrogen-bond acceptors (Lipinski definition) is 16. The predicted molar refractivity (Wildman–Crippen MR) is 128 cm³/mol. The highest BCUT2D eigenvalue weighted by Gasteiger charge is 2.54. The summed E-state index contributed by atoms with van der Waals surface area (Å²) in [5.41, 5.74) is 24.1. The van der Waals surface area contributed by atoms with Crippen LogP contribution in [0.5, 0.6) is 0 Å². The van der Waals surface area contributed by atoms with E-state index in [0.717, 1.165) is 0 Å². The summed E-state index contributed by atoms with van der Waals surface area (Å²) < 4.78 is 34.6. The third-order valence-corrected chi connectivity index (χ3v) is 7.62. The van der Waals surface area contributed by atoms with Crippen LogP contribution in [0.4, 0.5) is 0 Å². The summed E-state index contributed by atoms with van der Waals surface area (Å²) in [5.74, 6) is -0.768. The molecule has 4 rings (SSSR count). The van der Waals surface area contributed by atoms with Gasteiger partial charge in [0, 0.05) is 12.6 Å². The number of carbonyl (C=O) groups excluding carboxylic acids is 1. The Morgan fingerprint density at radius 1 is 0.949 bits per heavy atom. The molecule has 0 spiro atoms. The van der Waals surface area contributed by atoms with Crippen LogP contribution in [-0.2, 0) is 33.2 Å². The van der Waals surface area contributed by atoms with E-state index in [1.807, 2.05) is 0 Å². The normalized spacial score (nSPS) is 47.1. The van der Waals surface area contributed by atoms with Gasteiger partial charge in [-0.25, -0.2) is 0 Å². The Bertz CT molecular complexity index is 817. The van der Waals surface area contributed by atoms with E-state index in [1.54, 1.807) is 0 Å². The van der Waals surface area contributed by atoms with Gasteiger partial charge in [-0.15, -0.1) is 0 Å². The molecule has 0 aromatic heterocycles. The number of rotatable bonds is 10. The van der Waals surface area contributed by atoms with Gasteiger partial charge in [0.15, 0.2) is 12.6 Å². The standard InChI is InChI=1S/C22H41N5O12/c23-2-1-9(29)20(33)27-8-3-7(25)16(19(13(8)30)39-22-15(32)14(31)11(5-28)37-22)38-21-12(26)18-17(34-6-35-18)10(4-24)36-21/h7-19,21-22,28-32H,1-6,23-26H2,(H,27,33)/t7-,8+,9-,10+,11+,12+,13-,14+,15+,16+,17+,18+,19+,21+,22-/m0/s1. The molecule has 14 N–H and O–H groups in total. The minimum atomic E-state index is -1.58. The Balaban J connectivity index is 1.55. The first-order chi connectivity index (χ1) is 18.6. The number of aliphatic hydroxyl groups is 5. The van der Waals surface area contributed by atoms with Gasteiger partial charge in [-0.2, -0.15) is 0 Å². The number of hydrogen-bond donors (Lipinski definition) is 10. The highest BCUT2D eigenvalue weighted by molar-refractivity contribution is 5.80. The van der Waals surface area contributed by atoms with Gasteiger partial charge in [-0.05, 0) is 19.4 Å². The van der Waals surface area contributed by atoms with Crippen molar-refractivity contribution in [3.63, 3.8) is 0 Å². The van der Waals surface area contributed by atoms with Gasteiger partial charge in [-0.3, -0.25) is 4.79 Å². The molecule has 15 atom stereocenters.